The lowest BCUT2D eigenvalue weighted by Gasteiger charge is -2.59. The zero-order valence-electron chi connectivity index (χ0n) is 10.6. The van der Waals surface area contributed by atoms with Crippen molar-refractivity contribution in [3.05, 3.63) is 0 Å². The monoisotopic (exact) mass is 217 g/mol. The van der Waals surface area contributed by atoms with Crippen LogP contribution in [-0.4, -0.2) is 0 Å². The molecule has 0 radical (unpaired) electrons. The molecule has 1 atom stereocenters. The molecule has 0 aliphatic heterocycles. The Hall–Kier alpha value is -0.510. The number of nitrogens with zero attached hydrogens (tertiary/aromatic N) is 1. The average molecular weight is 217 g/mol. The molecule has 4 aliphatic carbocycles. The second-order valence-corrected chi connectivity index (χ2v) is 7.13. The van der Waals surface area contributed by atoms with E-state index in [-0.39, 0.29) is 0 Å². The van der Waals surface area contributed by atoms with E-state index in [1.54, 1.807) is 0 Å². The van der Waals surface area contributed by atoms with E-state index in [2.05, 4.69) is 19.9 Å². The third kappa shape index (κ3) is 1.42. The van der Waals surface area contributed by atoms with Gasteiger partial charge in [0.15, 0.2) is 0 Å². The second kappa shape index (κ2) is 3.49. The van der Waals surface area contributed by atoms with Gasteiger partial charge in [0.25, 0.3) is 0 Å². The Labute approximate surface area is 99.2 Å². The molecular weight excluding hydrogens is 194 g/mol. The van der Waals surface area contributed by atoms with E-state index in [1.807, 2.05) is 0 Å². The van der Waals surface area contributed by atoms with Crippen LogP contribution in [-0.2, 0) is 0 Å². The predicted octanol–water partition coefficient (Wildman–Crippen LogP) is 4.00. The first-order valence-corrected chi connectivity index (χ1v) is 7.02. The first-order valence-electron chi connectivity index (χ1n) is 7.02. The maximum absolute atomic E-state index is 9.51. The lowest BCUT2D eigenvalue weighted by molar-refractivity contribution is -0.0834. The van der Waals surface area contributed by atoms with Gasteiger partial charge < -0.3 is 0 Å². The SMILES string of the molecule is CC(C)C(C#N)C12CC3CC(CC(C3)C1)C2. The molecule has 4 fully saturated rings. The third-order valence-corrected chi connectivity index (χ3v) is 5.55. The zero-order chi connectivity index (χ0) is 11.3. The van der Waals surface area contributed by atoms with E-state index in [0.717, 1.165) is 17.8 Å². The lowest BCUT2D eigenvalue weighted by Crippen LogP contribution is -2.50. The Bertz CT molecular complexity index is 288. The Balaban J connectivity index is 1.91. The van der Waals surface area contributed by atoms with Crippen molar-refractivity contribution in [3.63, 3.8) is 0 Å². The molecule has 4 saturated carbocycles. The fourth-order valence-corrected chi connectivity index (χ4v) is 5.55. The summed E-state index contributed by atoms with van der Waals surface area (Å²) in [6, 6.07) is 2.66. The predicted molar refractivity (Wildman–Crippen MR) is 64.5 cm³/mol. The molecule has 1 unspecified atom stereocenters. The summed E-state index contributed by atoms with van der Waals surface area (Å²) in [5, 5.41) is 9.51. The molecule has 16 heavy (non-hydrogen) atoms. The Morgan fingerprint density at radius 1 is 1.00 bits per heavy atom. The van der Waals surface area contributed by atoms with Crippen molar-refractivity contribution in [2.75, 3.05) is 0 Å². The van der Waals surface area contributed by atoms with Gasteiger partial charge in [-0.1, -0.05) is 13.8 Å². The fourth-order valence-electron chi connectivity index (χ4n) is 5.55. The van der Waals surface area contributed by atoms with Crippen molar-refractivity contribution < 1.29 is 0 Å². The van der Waals surface area contributed by atoms with Crippen LogP contribution in [0.15, 0.2) is 0 Å². The molecule has 4 bridgehead atoms. The van der Waals surface area contributed by atoms with Crippen molar-refractivity contribution in [1.29, 1.82) is 5.26 Å². The van der Waals surface area contributed by atoms with Gasteiger partial charge >= 0.3 is 0 Å². The maximum Gasteiger partial charge on any atom is 0.0664 e. The molecule has 0 aromatic carbocycles. The van der Waals surface area contributed by atoms with Gasteiger partial charge in [0.05, 0.1) is 12.0 Å². The van der Waals surface area contributed by atoms with Crippen molar-refractivity contribution in [1.82, 2.24) is 0 Å². The van der Waals surface area contributed by atoms with Crippen LogP contribution in [0.5, 0.6) is 0 Å². The van der Waals surface area contributed by atoms with Gasteiger partial charge in [0.2, 0.25) is 0 Å². The average Bonchev–Trinajstić information content (AvgIpc) is 2.14. The molecule has 4 aliphatic rings. The van der Waals surface area contributed by atoms with Crippen LogP contribution in [0.25, 0.3) is 0 Å². The van der Waals surface area contributed by atoms with Gasteiger partial charge in [-0.3, -0.25) is 0 Å². The summed E-state index contributed by atoms with van der Waals surface area (Å²) in [5.41, 5.74) is 0.428. The van der Waals surface area contributed by atoms with E-state index in [4.69, 9.17) is 0 Å². The van der Waals surface area contributed by atoms with Gasteiger partial charge in [-0.05, 0) is 67.6 Å². The molecule has 0 spiro atoms. The van der Waals surface area contributed by atoms with Crippen LogP contribution in [0.4, 0.5) is 0 Å². The van der Waals surface area contributed by atoms with Crippen LogP contribution >= 0.6 is 0 Å². The van der Waals surface area contributed by atoms with E-state index < -0.39 is 0 Å². The normalized spacial score (nSPS) is 47.0. The van der Waals surface area contributed by atoms with Crippen LogP contribution in [0.3, 0.4) is 0 Å². The highest BCUT2D eigenvalue weighted by molar-refractivity contribution is 5.09. The molecule has 88 valence electrons. The van der Waals surface area contributed by atoms with Crippen molar-refractivity contribution >= 4 is 0 Å². The topological polar surface area (TPSA) is 23.8 Å². The smallest absolute Gasteiger partial charge is 0.0664 e. The van der Waals surface area contributed by atoms with E-state index >= 15 is 0 Å². The molecule has 1 nitrogen and oxygen atoms in total. The highest BCUT2D eigenvalue weighted by Crippen LogP contribution is 2.63. The van der Waals surface area contributed by atoms with Gasteiger partial charge in [0, 0.05) is 0 Å². The number of hydrogen-bond acceptors (Lipinski definition) is 1. The van der Waals surface area contributed by atoms with Gasteiger partial charge in [-0.2, -0.15) is 5.26 Å². The number of nitriles is 1. The van der Waals surface area contributed by atoms with E-state index in [0.29, 0.717) is 17.3 Å². The van der Waals surface area contributed by atoms with Crippen LogP contribution in [0.1, 0.15) is 52.4 Å². The summed E-state index contributed by atoms with van der Waals surface area (Å²) < 4.78 is 0. The lowest BCUT2D eigenvalue weighted by atomic mass is 9.45. The highest BCUT2D eigenvalue weighted by atomic mass is 14.6. The molecule has 0 N–H and O–H groups in total. The molecule has 0 aromatic rings. The molecule has 1 heteroatoms. The number of hydrogen-bond donors (Lipinski definition) is 0. The minimum absolute atomic E-state index is 0.320. The van der Waals surface area contributed by atoms with Crippen LogP contribution in [0, 0.1) is 46.3 Å². The Morgan fingerprint density at radius 3 is 1.75 bits per heavy atom. The first kappa shape index (κ1) is 10.6. The highest BCUT2D eigenvalue weighted by Gasteiger charge is 2.54. The Morgan fingerprint density at radius 2 is 1.44 bits per heavy atom. The van der Waals surface area contributed by atoms with Crippen molar-refractivity contribution in [3.8, 4) is 6.07 Å². The van der Waals surface area contributed by atoms with Gasteiger partial charge in [-0.25, -0.2) is 0 Å². The standard InChI is InChI=1S/C15H23N/c1-10(2)14(9-16)15-6-11-3-12(7-15)5-13(4-11)8-15/h10-14H,3-8H2,1-2H3. The van der Waals surface area contributed by atoms with Crippen LogP contribution in [0.2, 0.25) is 0 Å². The minimum Gasteiger partial charge on any atom is -0.198 e. The molecular formula is C15H23N. The summed E-state index contributed by atoms with van der Waals surface area (Å²) in [6.07, 6.45) is 8.56. The van der Waals surface area contributed by atoms with Gasteiger partial charge in [0.1, 0.15) is 0 Å². The zero-order valence-corrected chi connectivity index (χ0v) is 10.6. The van der Waals surface area contributed by atoms with Crippen molar-refractivity contribution in [2.24, 2.45) is 35.0 Å². The maximum atomic E-state index is 9.51. The van der Waals surface area contributed by atoms with Crippen molar-refractivity contribution in [2.45, 2.75) is 52.4 Å². The summed E-state index contributed by atoms with van der Waals surface area (Å²) in [4.78, 5) is 0. The summed E-state index contributed by atoms with van der Waals surface area (Å²) >= 11 is 0. The minimum atomic E-state index is 0.320. The van der Waals surface area contributed by atoms with E-state index in [1.165, 1.54) is 38.5 Å². The molecule has 0 amide bonds. The number of rotatable bonds is 2. The third-order valence-electron chi connectivity index (χ3n) is 5.55. The largest absolute Gasteiger partial charge is 0.198 e. The second-order valence-electron chi connectivity index (χ2n) is 7.13. The summed E-state index contributed by atoms with van der Waals surface area (Å²) in [7, 11) is 0. The van der Waals surface area contributed by atoms with Gasteiger partial charge in [-0.15, -0.1) is 0 Å². The molecule has 0 heterocycles. The fraction of sp³-hybridized carbons (Fsp3) is 0.933. The molecule has 0 saturated heterocycles. The summed E-state index contributed by atoms with van der Waals surface area (Å²) in [6.45, 7) is 4.49. The first-order chi connectivity index (χ1) is 7.63. The van der Waals surface area contributed by atoms with E-state index in [9.17, 15) is 5.26 Å². The Kier molecular flexibility index (Phi) is 2.32. The quantitative estimate of drug-likeness (QED) is 0.686. The summed E-state index contributed by atoms with van der Waals surface area (Å²) in [5.74, 6) is 3.78. The molecule has 4 rings (SSSR count). The molecule has 0 aromatic heterocycles. The van der Waals surface area contributed by atoms with Crippen LogP contribution < -0.4 is 0 Å².